The average molecular weight is 388 g/mol. The molecular weight excluding hydrogens is 360 g/mol. The van der Waals surface area contributed by atoms with Gasteiger partial charge in [-0.05, 0) is 53.2 Å². The first-order chi connectivity index (χ1) is 12.8. The van der Waals surface area contributed by atoms with Crippen LogP contribution in [0.4, 0.5) is 9.59 Å². The van der Waals surface area contributed by atoms with Crippen LogP contribution in [0.15, 0.2) is 48.7 Å². The molecule has 1 aromatic carbocycles. The summed E-state index contributed by atoms with van der Waals surface area (Å²) in [7, 11) is 0. The highest BCUT2D eigenvalue weighted by molar-refractivity contribution is 6.07. The van der Waals surface area contributed by atoms with Crippen molar-refractivity contribution < 1.29 is 23.9 Å². The topological polar surface area (TPSA) is 84.9 Å². The van der Waals surface area contributed by atoms with Crippen LogP contribution in [0.2, 0.25) is 0 Å². The number of hydrazine groups is 1. The third-order valence-electron chi connectivity index (χ3n) is 2.96. The largest absolute Gasteiger partial charge is 0.443 e. The van der Waals surface area contributed by atoms with Gasteiger partial charge in [0, 0.05) is 0 Å². The Morgan fingerprint density at radius 2 is 1.50 bits per heavy atom. The number of hydrogen-bond acceptors (Lipinski definition) is 5. The molecule has 0 atom stereocenters. The molecule has 28 heavy (non-hydrogen) atoms. The number of ether oxygens (including phenoxy) is 2. The van der Waals surface area contributed by atoms with Gasteiger partial charge in [-0.2, -0.15) is 5.01 Å². The zero-order valence-corrected chi connectivity index (χ0v) is 17.2. The van der Waals surface area contributed by atoms with E-state index in [4.69, 9.17) is 9.47 Å². The van der Waals surface area contributed by atoms with Gasteiger partial charge in [0.25, 0.3) is 0 Å². The molecule has 2 amide bonds. The van der Waals surface area contributed by atoms with Gasteiger partial charge in [-0.3, -0.25) is 4.79 Å². The van der Waals surface area contributed by atoms with Crippen molar-refractivity contribution >= 4 is 24.0 Å². The molecule has 0 aromatic heterocycles. The summed E-state index contributed by atoms with van der Waals surface area (Å²) in [5, 5.41) is 0.650. The van der Waals surface area contributed by atoms with Crippen molar-refractivity contribution in [3.63, 3.8) is 0 Å². The molecule has 1 aromatic rings. The summed E-state index contributed by atoms with van der Waals surface area (Å²) in [6.07, 6.45) is 0.962. The molecule has 0 bridgehead atoms. The molecule has 0 unspecified atom stereocenters. The predicted molar refractivity (Wildman–Crippen MR) is 107 cm³/mol. The van der Waals surface area contributed by atoms with Crippen LogP contribution >= 0.6 is 0 Å². The maximum Gasteiger partial charge on any atom is 0.434 e. The van der Waals surface area contributed by atoms with Crippen molar-refractivity contribution in [2.45, 2.75) is 52.7 Å². The normalized spacial score (nSPS) is 11.6. The highest BCUT2D eigenvalue weighted by atomic mass is 16.6. The van der Waals surface area contributed by atoms with Gasteiger partial charge in [0.15, 0.2) is 0 Å². The van der Waals surface area contributed by atoms with E-state index in [2.05, 4.69) is 12.0 Å². The van der Waals surface area contributed by atoms with Gasteiger partial charge in [0.2, 0.25) is 5.78 Å². The minimum absolute atomic E-state index is 0.285. The van der Waals surface area contributed by atoms with Crippen molar-refractivity contribution in [2.24, 2.45) is 0 Å². The zero-order valence-electron chi connectivity index (χ0n) is 17.2. The fourth-order valence-corrected chi connectivity index (χ4v) is 1.87. The highest BCUT2D eigenvalue weighted by Crippen LogP contribution is 2.14. The van der Waals surface area contributed by atoms with E-state index in [0.29, 0.717) is 5.01 Å². The van der Waals surface area contributed by atoms with Crippen molar-refractivity contribution in [1.29, 1.82) is 0 Å². The van der Waals surface area contributed by atoms with E-state index in [1.807, 2.05) is 30.3 Å². The lowest BCUT2D eigenvalue weighted by molar-refractivity contribution is -0.113. The summed E-state index contributed by atoms with van der Waals surface area (Å²) in [5.74, 6) is -0.578. The Balaban J connectivity index is 2.99. The summed E-state index contributed by atoms with van der Waals surface area (Å²) in [6.45, 7) is 13.6. The molecule has 0 fully saturated rings. The first-order valence-corrected chi connectivity index (χ1v) is 8.77. The van der Waals surface area contributed by atoms with Crippen LogP contribution in [0.1, 0.15) is 47.1 Å². The second-order valence-corrected chi connectivity index (χ2v) is 7.98. The van der Waals surface area contributed by atoms with Crippen LogP contribution in [-0.4, -0.2) is 34.2 Å². The minimum Gasteiger partial charge on any atom is -0.443 e. The fourth-order valence-electron chi connectivity index (χ4n) is 1.87. The number of nitrogens with zero attached hydrogens (tertiary/aromatic N) is 1. The van der Waals surface area contributed by atoms with E-state index in [1.54, 1.807) is 47.6 Å². The number of nitrogens with one attached hydrogen (secondary N) is 1. The number of amides is 2. The molecule has 0 saturated heterocycles. The monoisotopic (exact) mass is 388 g/mol. The van der Waals surface area contributed by atoms with Gasteiger partial charge >= 0.3 is 12.2 Å². The molecule has 0 radical (unpaired) electrons. The first kappa shape index (κ1) is 23.0. The Morgan fingerprint density at radius 3 is 2.00 bits per heavy atom. The molecule has 1 rings (SSSR count). The predicted octanol–water partition coefficient (Wildman–Crippen LogP) is 4.46. The Morgan fingerprint density at radius 1 is 0.964 bits per heavy atom. The lowest BCUT2D eigenvalue weighted by Gasteiger charge is -2.29. The van der Waals surface area contributed by atoms with E-state index in [1.165, 1.54) is 6.08 Å². The van der Waals surface area contributed by atoms with Gasteiger partial charge in [-0.1, -0.05) is 43.0 Å². The Labute approximate surface area is 166 Å². The number of hydrogen-bond donors (Lipinski definition) is 1. The second kappa shape index (κ2) is 9.21. The summed E-state index contributed by atoms with van der Waals surface area (Å²) in [5.41, 5.74) is 1.10. The Kier molecular flexibility index (Phi) is 7.55. The lowest BCUT2D eigenvalue weighted by atomic mass is 10.2. The van der Waals surface area contributed by atoms with Crippen LogP contribution in [0.5, 0.6) is 0 Å². The molecule has 0 aliphatic carbocycles. The molecule has 0 spiro atoms. The second-order valence-electron chi connectivity index (χ2n) is 7.98. The molecule has 0 aliphatic heterocycles. The number of benzene rings is 1. The zero-order chi connectivity index (χ0) is 21.5. The minimum atomic E-state index is -0.954. The van der Waals surface area contributed by atoms with Gasteiger partial charge in [-0.25, -0.2) is 15.0 Å². The van der Waals surface area contributed by atoms with Crippen LogP contribution in [0, 0.1) is 0 Å². The summed E-state index contributed by atoms with van der Waals surface area (Å²) < 4.78 is 10.4. The summed E-state index contributed by atoms with van der Waals surface area (Å²) in [4.78, 5) is 37.0. The van der Waals surface area contributed by atoms with E-state index >= 15 is 0 Å². The molecule has 0 heterocycles. The molecular formula is C21H28N2O5. The molecule has 1 N–H and O–H groups in total. The van der Waals surface area contributed by atoms with Crippen molar-refractivity contribution in [3.8, 4) is 0 Å². The van der Waals surface area contributed by atoms with E-state index in [-0.39, 0.29) is 5.70 Å². The van der Waals surface area contributed by atoms with Crippen LogP contribution < -0.4 is 5.43 Å². The average Bonchev–Trinajstić information content (AvgIpc) is 2.54. The Hall–Kier alpha value is -3.09. The van der Waals surface area contributed by atoms with Gasteiger partial charge in [-0.15, -0.1) is 0 Å². The third-order valence-corrected chi connectivity index (χ3v) is 2.96. The van der Waals surface area contributed by atoms with Gasteiger partial charge in [0.1, 0.15) is 16.9 Å². The molecule has 0 aliphatic rings. The van der Waals surface area contributed by atoms with Crippen LogP contribution in [0.3, 0.4) is 0 Å². The van der Waals surface area contributed by atoms with Crippen molar-refractivity contribution in [2.75, 3.05) is 0 Å². The van der Waals surface area contributed by atoms with Gasteiger partial charge in [0.05, 0.1) is 0 Å². The quantitative estimate of drug-likeness (QED) is 0.608. The van der Waals surface area contributed by atoms with E-state index in [9.17, 15) is 14.4 Å². The van der Waals surface area contributed by atoms with Gasteiger partial charge < -0.3 is 9.47 Å². The maximum atomic E-state index is 12.5. The van der Waals surface area contributed by atoms with E-state index in [0.717, 1.165) is 5.56 Å². The fraction of sp³-hybridized carbons (Fsp3) is 0.381. The van der Waals surface area contributed by atoms with E-state index < -0.39 is 29.2 Å². The third kappa shape index (κ3) is 8.53. The lowest BCUT2D eigenvalue weighted by Crippen LogP contribution is -2.50. The summed E-state index contributed by atoms with van der Waals surface area (Å²) >= 11 is 0. The van der Waals surface area contributed by atoms with Crippen molar-refractivity contribution in [3.05, 3.63) is 54.2 Å². The van der Waals surface area contributed by atoms with Crippen LogP contribution in [-0.2, 0) is 14.3 Å². The van der Waals surface area contributed by atoms with Crippen molar-refractivity contribution in [1.82, 2.24) is 10.4 Å². The SMILES string of the molecule is C=C(C(=O)/C=C/c1ccccc1)N(NC(=O)OC(C)(C)C)C(=O)OC(C)(C)C. The number of rotatable bonds is 4. The molecule has 152 valence electrons. The Bertz CT molecular complexity index is 755. The molecule has 7 heteroatoms. The first-order valence-electron chi connectivity index (χ1n) is 8.77. The number of allylic oxidation sites excluding steroid dienone is 1. The summed E-state index contributed by atoms with van der Waals surface area (Å²) in [6, 6.07) is 9.15. The number of carbonyl (C=O) groups excluding carboxylic acids is 3. The molecule has 7 nitrogen and oxygen atoms in total. The van der Waals surface area contributed by atoms with Crippen LogP contribution in [0.25, 0.3) is 6.08 Å². The standard InChI is InChI=1S/C21H28N2O5/c1-15(17(24)14-13-16-11-9-8-10-12-16)23(19(26)28-21(5,6)7)22-18(25)27-20(2,3)4/h8-14H,1H2,2-7H3,(H,22,25)/b14-13+. The number of ketones is 1. The maximum absolute atomic E-state index is 12.5. The molecule has 0 saturated carbocycles. The number of carbonyl (C=O) groups is 3. The smallest absolute Gasteiger partial charge is 0.434 e. The highest BCUT2D eigenvalue weighted by Gasteiger charge is 2.29.